The Bertz CT molecular complexity index is 283. The van der Waals surface area contributed by atoms with Crippen molar-refractivity contribution in [1.82, 2.24) is 4.90 Å². The van der Waals surface area contributed by atoms with Crippen molar-refractivity contribution in [2.24, 2.45) is 11.8 Å². The van der Waals surface area contributed by atoms with Gasteiger partial charge in [0.2, 0.25) is 5.91 Å². The van der Waals surface area contributed by atoms with E-state index in [0.29, 0.717) is 25.4 Å². The first-order valence-electron chi connectivity index (χ1n) is 5.87. The molecular weight excluding hydrogens is 204 g/mol. The first-order valence-corrected chi connectivity index (χ1v) is 5.87. The molecule has 1 amide bonds. The van der Waals surface area contributed by atoms with Crippen LogP contribution in [0.2, 0.25) is 0 Å². The Kier molecular flexibility index (Phi) is 4.75. The Morgan fingerprint density at radius 1 is 1.62 bits per heavy atom. The van der Waals surface area contributed by atoms with Crippen molar-refractivity contribution in [3.8, 4) is 6.07 Å². The number of likely N-dealkylation sites (tertiary alicyclic amines) is 1. The fourth-order valence-corrected chi connectivity index (χ4v) is 2.26. The molecule has 1 heterocycles. The second kappa shape index (κ2) is 5.86. The minimum absolute atomic E-state index is 0.0511. The minimum atomic E-state index is -0.298. The van der Waals surface area contributed by atoms with Crippen LogP contribution in [0.3, 0.4) is 0 Å². The Morgan fingerprint density at radius 2 is 2.31 bits per heavy atom. The second-order valence-electron chi connectivity index (χ2n) is 4.92. The standard InChI is InChI=1S/C12H20N2O2/c1-9(2)7-10-8-14(6-4-11(10)15)12(16)3-5-13/h9-11,15H,3-4,6-8H2,1-2H3/t10-,11+/m1/s1. The van der Waals surface area contributed by atoms with Crippen molar-refractivity contribution < 1.29 is 9.90 Å². The molecule has 1 aliphatic heterocycles. The number of hydrogen-bond acceptors (Lipinski definition) is 3. The molecule has 0 saturated carbocycles. The summed E-state index contributed by atoms with van der Waals surface area (Å²) in [6, 6.07) is 1.88. The van der Waals surface area contributed by atoms with Crippen molar-refractivity contribution in [3.05, 3.63) is 0 Å². The Labute approximate surface area is 96.9 Å². The van der Waals surface area contributed by atoms with E-state index in [1.165, 1.54) is 0 Å². The van der Waals surface area contributed by atoms with E-state index in [0.717, 1.165) is 6.42 Å². The largest absolute Gasteiger partial charge is 0.393 e. The maximum atomic E-state index is 11.6. The van der Waals surface area contributed by atoms with Gasteiger partial charge in [-0.1, -0.05) is 13.8 Å². The van der Waals surface area contributed by atoms with E-state index in [9.17, 15) is 9.90 Å². The molecule has 1 saturated heterocycles. The van der Waals surface area contributed by atoms with Gasteiger partial charge in [-0.3, -0.25) is 4.79 Å². The lowest BCUT2D eigenvalue weighted by Crippen LogP contribution is -2.46. The van der Waals surface area contributed by atoms with Crippen molar-refractivity contribution in [2.45, 2.75) is 39.2 Å². The number of aliphatic hydroxyl groups is 1. The summed E-state index contributed by atoms with van der Waals surface area (Å²) in [4.78, 5) is 13.3. The first-order chi connectivity index (χ1) is 7.54. The van der Waals surface area contributed by atoms with E-state index >= 15 is 0 Å². The van der Waals surface area contributed by atoms with Gasteiger partial charge in [0.15, 0.2) is 0 Å². The molecule has 0 spiro atoms. The van der Waals surface area contributed by atoms with Gasteiger partial charge in [-0.25, -0.2) is 0 Å². The Morgan fingerprint density at radius 3 is 2.88 bits per heavy atom. The number of nitriles is 1. The van der Waals surface area contributed by atoms with E-state index in [1.54, 1.807) is 4.90 Å². The number of aliphatic hydroxyl groups excluding tert-OH is 1. The van der Waals surface area contributed by atoms with Gasteiger partial charge in [0.25, 0.3) is 0 Å². The van der Waals surface area contributed by atoms with Crippen molar-refractivity contribution >= 4 is 5.91 Å². The summed E-state index contributed by atoms with van der Waals surface area (Å²) < 4.78 is 0. The fourth-order valence-electron chi connectivity index (χ4n) is 2.26. The van der Waals surface area contributed by atoms with Gasteiger partial charge in [0.05, 0.1) is 12.2 Å². The Hall–Kier alpha value is -1.08. The predicted molar refractivity (Wildman–Crippen MR) is 60.4 cm³/mol. The van der Waals surface area contributed by atoms with Crippen LogP contribution in [0.25, 0.3) is 0 Å². The molecule has 0 aromatic carbocycles. The van der Waals surface area contributed by atoms with Gasteiger partial charge in [0, 0.05) is 19.0 Å². The summed E-state index contributed by atoms with van der Waals surface area (Å²) in [5.41, 5.74) is 0. The van der Waals surface area contributed by atoms with Gasteiger partial charge in [0.1, 0.15) is 6.42 Å². The van der Waals surface area contributed by atoms with E-state index in [1.807, 2.05) is 6.07 Å². The molecule has 0 aromatic rings. The van der Waals surface area contributed by atoms with Gasteiger partial charge >= 0.3 is 0 Å². The molecule has 0 aliphatic carbocycles. The lowest BCUT2D eigenvalue weighted by molar-refractivity contribution is -0.134. The average molecular weight is 224 g/mol. The summed E-state index contributed by atoms with van der Waals surface area (Å²) in [5, 5.41) is 18.3. The molecule has 16 heavy (non-hydrogen) atoms. The highest BCUT2D eigenvalue weighted by molar-refractivity contribution is 5.78. The zero-order valence-electron chi connectivity index (χ0n) is 10.0. The normalized spacial score (nSPS) is 25.6. The zero-order chi connectivity index (χ0) is 12.1. The van der Waals surface area contributed by atoms with Crippen LogP contribution in [-0.4, -0.2) is 35.1 Å². The molecular formula is C12H20N2O2. The lowest BCUT2D eigenvalue weighted by atomic mass is 9.87. The SMILES string of the molecule is CC(C)C[C@@H]1CN(C(=O)CC#N)CC[C@@H]1O. The summed E-state index contributed by atoms with van der Waals surface area (Å²) in [5.74, 6) is 0.574. The minimum Gasteiger partial charge on any atom is -0.393 e. The van der Waals surface area contributed by atoms with E-state index in [2.05, 4.69) is 13.8 Å². The van der Waals surface area contributed by atoms with Crippen molar-refractivity contribution in [3.63, 3.8) is 0 Å². The topological polar surface area (TPSA) is 64.3 Å². The molecule has 2 atom stereocenters. The maximum Gasteiger partial charge on any atom is 0.236 e. The number of amides is 1. The van der Waals surface area contributed by atoms with E-state index < -0.39 is 0 Å². The number of hydrogen-bond donors (Lipinski definition) is 1. The van der Waals surface area contributed by atoms with Crippen LogP contribution < -0.4 is 0 Å². The maximum absolute atomic E-state index is 11.6. The van der Waals surface area contributed by atoms with Crippen molar-refractivity contribution in [1.29, 1.82) is 5.26 Å². The van der Waals surface area contributed by atoms with E-state index in [-0.39, 0.29) is 24.3 Å². The molecule has 1 N–H and O–H groups in total. The molecule has 0 aromatic heterocycles. The zero-order valence-corrected chi connectivity index (χ0v) is 10.0. The van der Waals surface area contributed by atoms with Crippen molar-refractivity contribution in [2.75, 3.05) is 13.1 Å². The average Bonchev–Trinajstić information content (AvgIpc) is 2.21. The van der Waals surface area contributed by atoms with Gasteiger partial charge in [-0.05, 0) is 18.8 Å². The third-order valence-corrected chi connectivity index (χ3v) is 3.05. The number of carbonyl (C=O) groups excluding carboxylic acids is 1. The van der Waals surface area contributed by atoms with Crippen LogP contribution in [0, 0.1) is 23.2 Å². The quantitative estimate of drug-likeness (QED) is 0.782. The molecule has 1 aliphatic rings. The van der Waals surface area contributed by atoms with Gasteiger partial charge in [-0.15, -0.1) is 0 Å². The smallest absolute Gasteiger partial charge is 0.236 e. The summed E-state index contributed by atoms with van der Waals surface area (Å²) >= 11 is 0. The summed E-state index contributed by atoms with van der Waals surface area (Å²) in [6.45, 7) is 5.40. The molecule has 0 radical (unpaired) electrons. The molecule has 4 nitrogen and oxygen atoms in total. The number of nitrogens with zero attached hydrogens (tertiary/aromatic N) is 2. The number of carbonyl (C=O) groups is 1. The van der Waals surface area contributed by atoms with Crippen LogP contribution in [0.15, 0.2) is 0 Å². The molecule has 0 unspecified atom stereocenters. The summed E-state index contributed by atoms with van der Waals surface area (Å²) in [7, 11) is 0. The summed E-state index contributed by atoms with van der Waals surface area (Å²) in [6.07, 6.45) is 1.21. The predicted octanol–water partition coefficient (Wildman–Crippen LogP) is 1.16. The van der Waals surface area contributed by atoms with Crippen LogP contribution >= 0.6 is 0 Å². The van der Waals surface area contributed by atoms with E-state index in [4.69, 9.17) is 5.26 Å². The number of rotatable bonds is 3. The van der Waals surface area contributed by atoms with Gasteiger partial charge in [-0.2, -0.15) is 5.26 Å². The van der Waals surface area contributed by atoms with Gasteiger partial charge < -0.3 is 10.0 Å². The Balaban J connectivity index is 2.53. The highest BCUT2D eigenvalue weighted by atomic mass is 16.3. The molecule has 4 heteroatoms. The monoisotopic (exact) mass is 224 g/mol. The highest BCUT2D eigenvalue weighted by Crippen LogP contribution is 2.24. The van der Waals surface area contributed by atoms with Crippen LogP contribution in [-0.2, 0) is 4.79 Å². The third-order valence-electron chi connectivity index (χ3n) is 3.05. The molecule has 90 valence electrons. The molecule has 0 bridgehead atoms. The highest BCUT2D eigenvalue weighted by Gasteiger charge is 2.30. The lowest BCUT2D eigenvalue weighted by Gasteiger charge is -2.36. The van der Waals surface area contributed by atoms with Crippen LogP contribution in [0.1, 0.15) is 33.1 Å². The first kappa shape index (κ1) is 13.0. The van der Waals surface area contributed by atoms with Crippen LogP contribution in [0.5, 0.6) is 0 Å². The number of piperidine rings is 1. The second-order valence-corrected chi connectivity index (χ2v) is 4.92. The fraction of sp³-hybridized carbons (Fsp3) is 0.833. The third kappa shape index (κ3) is 3.49. The molecule has 1 rings (SSSR count). The molecule has 1 fully saturated rings. The van der Waals surface area contributed by atoms with Crippen LogP contribution in [0.4, 0.5) is 0 Å².